The highest BCUT2D eigenvalue weighted by Crippen LogP contribution is 2.17. The molecule has 0 radical (unpaired) electrons. The first-order valence-corrected chi connectivity index (χ1v) is 9.47. The molecule has 2 N–H and O–H groups in total. The van der Waals surface area contributed by atoms with Gasteiger partial charge in [-0.1, -0.05) is 60.2 Å². The van der Waals surface area contributed by atoms with Crippen molar-refractivity contribution in [1.82, 2.24) is 5.32 Å². The summed E-state index contributed by atoms with van der Waals surface area (Å²) in [6, 6.07) is 21.2. The van der Waals surface area contributed by atoms with Crippen LogP contribution in [0.5, 0.6) is 0 Å². The van der Waals surface area contributed by atoms with E-state index < -0.39 is 17.9 Å². The van der Waals surface area contributed by atoms with Crippen LogP contribution < -0.4 is 15.7 Å². The number of anilines is 1. The number of aliphatic carboxylic acids is 1. The van der Waals surface area contributed by atoms with E-state index in [1.165, 1.54) is 6.07 Å². The quantitative estimate of drug-likeness (QED) is 0.635. The van der Waals surface area contributed by atoms with Crippen molar-refractivity contribution < 1.29 is 19.5 Å². The topological polar surface area (TPSA) is 98.3 Å². The summed E-state index contributed by atoms with van der Waals surface area (Å²) in [4.78, 5) is 36.9. The lowest BCUT2D eigenvalue weighted by atomic mass is 10.0. The Labute approximate surface area is 174 Å². The average molecular weight is 401 g/mol. The van der Waals surface area contributed by atoms with Crippen molar-refractivity contribution in [2.75, 3.05) is 5.32 Å². The maximum Gasteiger partial charge on any atom is 0.255 e. The second kappa shape index (κ2) is 9.52. The van der Waals surface area contributed by atoms with Crippen LogP contribution >= 0.6 is 0 Å². The minimum absolute atomic E-state index is 0.0901. The summed E-state index contributed by atoms with van der Waals surface area (Å²) < 4.78 is 0. The molecule has 2 amide bonds. The van der Waals surface area contributed by atoms with Crippen molar-refractivity contribution in [3.63, 3.8) is 0 Å². The van der Waals surface area contributed by atoms with Gasteiger partial charge in [-0.3, -0.25) is 9.59 Å². The number of rotatable bonds is 7. The summed E-state index contributed by atoms with van der Waals surface area (Å²) >= 11 is 0. The highest BCUT2D eigenvalue weighted by atomic mass is 16.4. The fourth-order valence-electron chi connectivity index (χ4n) is 2.97. The van der Waals surface area contributed by atoms with Crippen LogP contribution in [0.4, 0.5) is 5.69 Å². The third kappa shape index (κ3) is 5.32. The first kappa shape index (κ1) is 20.8. The Morgan fingerprint density at radius 2 is 1.47 bits per heavy atom. The van der Waals surface area contributed by atoms with Crippen LogP contribution in [0.1, 0.15) is 31.8 Å². The van der Waals surface area contributed by atoms with Gasteiger partial charge in [0.15, 0.2) is 0 Å². The molecule has 30 heavy (non-hydrogen) atoms. The molecule has 152 valence electrons. The number of hydrogen-bond acceptors (Lipinski definition) is 4. The molecule has 1 atom stereocenters. The van der Waals surface area contributed by atoms with Gasteiger partial charge in [-0.05, 0) is 43.2 Å². The molecule has 0 spiro atoms. The van der Waals surface area contributed by atoms with Crippen molar-refractivity contribution in [2.24, 2.45) is 0 Å². The fourth-order valence-corrected chi connectivity index (χ4v) is 2.97. The molecule has 3 aromatic rings. The second-order valence-electron chi connectivity index (χ2n) is 6.90. The van der Waals surface area contributed by atoms with Gasteiger partial charge in [-0.15, -0.1) is 0 Å². The zero-order chi connectivity index (χ0) is 21.5. The molecule has 0 heterocycles. The minimum atomic E-state index is -1.38. The molecule has 0 unspecified atom stereocenters. The van der Waals surface area contributed by atoms with E-state index in [9.17, 15) is 19.5 Å². The number of amides is 2. The van der Waals surface area contributed by atoms with Crippen molar-refractivity contribution in [3.8, 4) is 0 Å². The van der Waals surface area contributed by atoms with E-state index in [0.29, 0.717) is 5.56 Å². The third-order valence-corrected chi connectivity index (χ3v) is 4.61. The van der Waals surface area contributed by atoms with Gasteiger partial charge < -0.3 is 20.5 Å². The lowest BCUT2D eigenvalue weighted by Crippen LogP contribution is -2.49. The van der Waals surface area contributed by atoms with Crippen LogP contribution in [0, 0.1) is 6.92 Å². The molecule has 6 heteroatoms. The maximum absolute atomic E-state index is 12.8. The Morgan fingerprint density at radius 3 is 2.13 bits per heavy atom. The van der Waals surface area contributed by atoms with E-state index in [4.69, 9.17) is 0 Å². The summed E-state index contributed by atoms with van der Waals surface area (Å²) in [5, 5.41) is 16.8. The molecule has 0 bridgehead atoms. The van der Waals surface area contributed by atoms with Gasteiger partial charge in [0.2, 0.25) is 0 Å². The van der Waals surface area contributed by atoms with Gasteiger partial charge in [0.1, 0.15) is 0 Å². The van der Waals surface area contributed by atoms with E-state index in [-0.39, 0.29) is 23.6 Å². The summed E-state index contributed by atoms with van der Waals surface area (Å²) in [6.07, 6.45) is 0.0901. The Kier molecular flexibility index (Phi) is 6.60. The molecule has 0 aromatic heterocycles. The number of hydrogen-bond donors (Lipinski definition) is 2. The Hall–Kier alpha value is -3.93. The normalized spacial score (nSPS) is 11.4. The number of carbonyl (C=O) groups is 3. The van der Waals surface area contributed by atoms with E-state index in [1.807, 2.05) is 25.1 Å². The van der Waals surface area contributed by atoms with Gasteiger partial charge in [-0.2, -0.15) is 0 Å². The lowest BCUT2D eigenvalue weighted by molar-refractivity contribution is -0.308. The van der Waals surface area contributed by atoms with Crippen molar-refractivity contribution >= 4 is 23.5 Å². The number of nitrogens with one attached hydrogen (secondary N) is 2. The Balaban J connectivity index is 1.76. The molecule has 6 nitrogen and oxygen atoms in total. The summed E-state index contributed by atoms with van der Waals surface area (Å²) in [5.74, 6) is -2.36. The smallest absolute Gasteiger partial charge is 0.255 e. The number of carbonyl (C=O) groups excluding carboxylic acids is 3. The van der Waals surface area contributed by atoms with Crippen LogP contribution in [0.3, 0.4) is 0 Å². The van der Waals surface area contributed by atoms with Gasteiger partial charge in [-0.25, -0.2) is 0 Å². The van der Waals surface area contributed by atoms with Crippen molar-refractivity contribution in [3.05, 3.63) is 101 Å². The van der Waals surface area contributed by atoms with Crippen LogP contribution in [0.2, 0.25) is 0 Å². The highest BCUT2D eigenvalue weighted by Gasteiger charge is 2.19. The average Bonchev–Trinajstić information content (AvgIpc) is 2.74. The molecular formula is C24H21N2O4-. The predicted molar refractivity (Wildman–Crippen MR) is 112 cm³/mol. The Morgan fingerprint density at radius 1 is 0.833 bits per heavy atom. The molecule has 0 saturated carbocycles. The van der Waals surface area contributed by atoms with Crippen molar-refractivity contribution in [1.29, 1.82) is 0 Å². The molecule has 0 saturated heterocycles. The zero-order valence-electron chi connectivity index (χ0n) is 16.4. The molecule has 3 rings (SSSR count). The standard InChI is InChI=1S/C24H22N2O4/c1-16-11-13-18(14-12-16)22(27)25-20-10-6-5-9-19(20)23(28)26-21(24(29)30)15-17-7-3-2-4-8-17/h2-14,21H,15H2,1H3,(H,25,27)(H,26,28)(H,29,30)/p-1/t21-/m1/s1. The van der Waals surface area contributed by atoms with Gasteiger partial charge >= 0.3 is 0 Å². The number of carboxylic acid groups (broad SMARTS) is 1. The van der Waals surface area contributed by atoms with E-state index >= 15 is 0 Å². The number of benzene rings is 3. The second-order valence-corrected chi connectivity index (χ2v) is 6.90. The van der Waals surface area contributed by atoms with Gasteiger partial charge in [0.25, 0.3) is 11.8 Å². The fraction of sp³-hybridized carbons (Fsp3) is 0.125. The molecule has 0 aliphatic heterocycles. The number of carboxylic acids is 1. The number of aryl methyl sites for hydroxylation is 1. The molecular weight excluding hydrogens is 380 g/mol. The van der Waals surface area contributed by atoms with Crippen molar-refractivity contribution in [2.45, 2.75) is 19.4 Å². The summed E-state index contributed by atoms with van der Waals surface area (Å²) in [7, 11) is 0. The molecule has 0 aliphatic carbocycles. The maximum atomic E-state index is 12.8. The van der Waals surface area contributed by atoms with Crippen LogP contribution in [0.25, 0.3) is 0 Å². The van der Waals surface area contributed by atoms with Gasteiger partial charge in [0, 0.05) is 5.56 Å². The van der Waals surface area contributed by atoms with Crippen LogP contribution in [-0.4, -0.2) is 23.8 Å². The highest BCUT2D eigenvalue weighted by molar-refractivity contribution is 6.09. The molecule has 3 aromatic carbocycles. The third-order valence-electron chi connectivity index (χ3n) is 4.61. The first-order valence-electron chi connectivity index (χ1n) is 9.47. The van der Waals surface area contributed by atoms with E-state index in [0.717, 1.165) is 11.1 Å². The van der Waals surface area contributed by atoms with Crippen LogP contribution in [0.15, 0.2) is 78.9 Å². The molecule has 0 aliphatic rings. The largest absolute Gasteiger partial charge is 0.548 e. The van der Waals surface area contributed by atoms with E-state index in [1.54, 1.807) is 54.6 Å². The SMILES string of the molecule is Cc1ccc(C(=O)Nc2ccccc2C(=O)N[C@H](Cc2ccccc2)C(=O)[O-])cc1. The lowest BCUT2D eigenvalue weighted by Gasteiger charge is -2.21. The minimum Gasteiger partial charge on any atom is -0.548 e. The number of para-hydroxylation sites is 1. The monoisotopic (exact) mass is 401 g/mol. The predicted octanol–water partition coefficient (Wildman–Crippen LogP) is 2.34. The summed E-state index contributed by atoms with van der Waals surface area (Å²) in [6.45, 7) is 1.92. The Bertz CT molecular complexity index is 1050. The molecule has 0 fully saturated rings. The summed E-state index contributed by atoms with van der Waals surface area (Å²) in [5.41, 5.74) is 2.69. The van der Waals surface area contributed by atoms with Gasteiger partial charge in [0.05, 0.1) is 23.3 Å². The zero-order valence-corrected chi connectivity index (χ0v) is 16.4. The van der Waals surface area contributed by atoms with E-state index in [2.05, 4.69) is 10.6 Å². The van der Waals surface area contributed by atoms with Crippen LogP contribution in [-0.2, 0) is 11.2 Å². The first-order chi connectivity index (χ1) is 14.4.